The van der Waals surface area contributed by atoms with Crippen LogP contribution in [0.2, 0.25) is 0 Å². The molecule has 0 bridgehead atoms. The largest absolute Gasteiger partial charge is 0.326 e. The quantitative estimate of drug-likeness (QED) is 0.359. The van der Waals surface area contributed by atoms with E-state index in [1.807, 2.05) is 35.7 Å². The van der Waals surface area contributed by atoms with Gasteiger partial charge in [-0.25, -0.2) is 4.98 Å². The number of hydrazine groups is 1. The summed E-state index contributed by atoms with van der Waals surface area (Å²) < 4.78 is 0. The van der Waals surface area contributed by atoms with Crippen molar-refractivity contribution in [2.45, 2.75) is 19.3 Å². The molecule has 0 radical (unpaired) electrons. The first-order valence-electron chi connectivity index (χ1n) is 10.5. The van der Waals surface area contributed by atoms with Crippen molar-refractivity contribution in [3.8, 4) is 0 Å². The van der Waals surface area contributed by atoms with E-state index in [1.54, 1.807) is 47.7 Å². The first-order valence-corrected chi connectivity index (χ1v) is 11.4. The van der Waals surface area contributed by atoms with Crippen LogP contribution in [0.1, 0.15) is 38.6 Å². The van der Waals surface area contributed by atoms with E-state index in [4.69, 9.17) is 0 Å². The third-order valence-corrected chi connectivity index (χ3v) is 5.87. The van der Waals surface area contributed by atoms with Crippen LogP contribution >= 0.6 is 11.3 Å². The van der Waals surface area contributed by atoms with Gasteiger partial charge in [-0.3, -0.25) is 25.2 Å². The summed E-state index contributed by atoms with van der Waals surface area (Å²) in [4.78, 5) is 42.6. The minimum atomic E-state index is -0.524. The van der Waals surface area contributed by atoms with Gasteiger partial charge in [0.25, 0.3) is 11.8 Å². The number of fused-ring (bicyclic) bond motifs is 1. The smallest absolute Gasteiger partial charge is 0.288 e. The van der Waals surface area contributed by atoms with E-state index in [0.717, 1.165) is 18.2 Å². The topological polar surface area (TPSA) is 100 Å². The van der Waals surface area contributed by atoms with Crippen molar-refractivity contribution >= 4 is 45.6 Å². The average Bonchev–Trinajstić information content (AvgIpc) is 3.35. The van der Waals surface area contributed by atoms with Gasteiger partial charge in [0, 0.05) is 27.9 Å². The molecule has 0 spiro atoms. The van der Waals surface area contributed by atoms with Gasteiger partial charge in [0.15, 0.2) is 0 Å². The number of amides is 3. The SMILES string of the molecule is O=C(CCCc1cccs1)Nc1cccc(C(=O)NNC(=O)c2ccc3ccccc3n2)c1. The fourth-order valence-corrected chi connectivity index (χ4v) is 4.03. The molecule has 0 unspecified atom stereocenters. The number of pyridine rings is 1. The van der Waals surface area contributed by atoms with Crippen LogP contribution in [0.25, 0.3) is 10.9 Å². The molecule has 2 aromatic carbocycles. The maximum atomic E-state index is 12.5. The summed E-state index contributed by atoms with van der Waals surface area (Å²) in [7, 11) is 0. The van der Waals surface area contributed by atoms with E-state index in [9.17, 15) is 14.4 Å². The van der Waals surface area contributed by atoms with Gasteiger partial charge in [-0.1, -0.05) is 36.4 Å². The summed E-state index contributed by atoms with van der Waals surface area (Å²) in [5, 5.41) is 5.75. The van der Waals surface area contributed by atoms with Gasteiger partial charge in [-0.15, -0.1) is 11.3 Å². The van der Waals surface area contributed by atoms with Crippen molar-refractivity contribution in [1.29, 1.82) is 0 Å². The van der Waals surface area contributed by atoms with Crippen molar-refractivity contribution in [1.82, 2.24) is 15.8 Å². The van der Waals surface area contributed by atoms with Crippen molar-refractivity contribution in [3.05, 3.63) is 94.3 Å². The van der Waals surface area contributed by atoms with Crippen LogP contribution in [0.5, 0.6) is 0 Å². The number of nitrogens with one attached hydrogen (secondary N) is 3. The van der Waals surface area contributed by atoms with Gasteiger partial charge in [0.1, 0.15) is 5.69 Å². The van der Waals surface area contributed by atoms with Crippen LogP contribution in [0.4, 0.5) is 5.69 Å². The number of hydrogen-bond donors (Lipinski definition) is 3. The minimum absolute atomic E-state index is 0.111. The van der Waals surface area contributed by atoms with Crippen LogP contribution in [0, 0.1) is 0 Å². The predicted molar refractivity (Wildman–Crippen MR) is 129 cm³/mol. The molecule has 0 aliphatic heterocycles. The van der Waals surface area contributed by atoms with Crippen LogP contribution in [0.15, 0.2) is 78.2 Å². The molecule has 2 aromatic heterocycles. The van der Waals surface area contributed by atoms with Gasteiger partial charge in [0.2, 0.25) is 5.91 Å². The molecule has 0 atom stereocenters. The standard InChI is InChI=1S/C25H22N4O3S/c30-23(12-4-9-20-10-5-15-33-20)26-19-8-3-7-18(16-19)24(31)28-29-25(32)22-14-13-17-6-1-2-11-21(17)27-22/h1-3,5-8,10-11,13-16H,4,9,12H2,(H,26,30)(H,28,31)(H,29,32). The van der Waals surface area contributed by atoms with E-state index >= 15 is 0 Å². The minimum Gasteiger partial charge on any atom is -0.326 e. The molecule has 2 heterocycles. The Hall–Kier alpha value is -4.04. The number of aryl methyl sites for hydroxylation is 1. The van der Waals surface area contributed by atoms with Gasteiger partial charge >= 0.3 is 0 Å². The first-order chi connectivity index (χ1) is 16.1. The molecular weight excluding hydrogens is 436 g/mol. The Balaban J connectivity index is 1.29. The lowest BCUT2D eigenvalue weighted by molar-refractivity contribution is -0.116. The van der Waals surface area contributed by atoms with E-state index < -0.39 is 11.8 Å². The molecule has 4 aromatic rings. The summed E-state index contributed by atoms with van der Waals surface area (Å²) in [5.74, 6) is -1.14. The van der Waals surface area contributed by atoms with E-state index in [0.29, 0.717) is 23.2 Å². The van der Waals surface area contributed by atoms with Crippen LogP contribution < -0.4 is 16.2 Å². The lowest BCUT2D eigenvalue weighted by atomic mass is 10.1. The average molecular weight is 459 g/mol. The third-order valence-electron chi connectivity index (χ3n) is 4.94. The highest BCUT2D eigenvalue weighted by atomic mass is 32.1. The zero-order valence-corrected chi connectivity index (χ0v) is 18.5. The van der Waals surface area contributed by atoms with Crippen LogP contribution in [0.3, 0.4) is 0 Å². The molecule has 3 amide bonds. The number of aromatic nitrogens is 1. The number of nitrogens with zero attached hydrogens (tertiary/aromatic N) is 1. The fourth-order valence-electron chi connectivity index (χ4n) is 3.28. The molecule has 4 rings (SSSR count). The Morgan fingerprint density at radius 3 is 2.55 bits per heavy atom. The van der Waals surface area contributed by atoms with Gasteiger partial charge < -0.3 is 5.32 Å². The number of hydrogen-bond acceptors (Lipinski definition) is 5. The Bertz CT molecular complexity index is 1290. The van der Waals surface area contributed by atoms with Gasteiger partial charge in [-0.05, 0) is 54.6 Å². The normalized spacial score (nSPS) is 10.5. The number of benzene rings is 2. The molecular formula is C25H22N4O3S. The lowest BCUT2D eigenvalue weighted by Crippen LogP contribution is -2.42. The van der Waals surface area contributed by atoms with Crippen LogP contribution in [-0.4, -0.2) is 22.7 Å². The summed E-state index contributed by atoms with van der Waals surface area (Å²) in [5.41, 5.74) is 6.47. The van der Waals surface area contributed by atoms with E-state index in [1.165, 1.54) is 4.88 Å². The van der Waals surface area contributed by atoms with E-state index in [2.05, 4.69) is 27.2 Å². The maximum Gasteiger partial charge on any atom is 0.288 e. The van der Waals surface area contributed by atoms with Gasteiger partial charge in [-0.2, -0.15) is 0 Å². The zero-order chi connectivity index (χ0) is 23.0. The molecule has 8 heteroatoms. The summed E-state index contributed by atoms with van der Waals surface area (Å²) >= 11 is 1.68. The number of para-hydroxylation sites is 1. The summed E-state index contributed by atoms with van der Waals surface area (Å²) in [6.07, 6.45) is 2.00. The number of anilines is 1. The Labute approximate surface area is 194 Å². The molecule has 33 heavy (non-hydrogen) atoms. The third kappa shape index (κ3) is 6.02. The van der Waals surface area contributed by atoms with Crippen LogP contribution in [-0.2, 0) is 11.2 Å². The Morgan fingerprint density at radius 2 is 1.70 bits per heavy atom. The second-order valence-electron chi connectivity index (χ2n) is 7.36. The number of thiophene rings is 1. The number of carbonyl (C=O) groups excluding carboxylic acids is 3. The monoisotopic (exact) mass is 458 g/mol. The van der Waals surface area contributed by atoms with E-state index in [-0.39, 0.29) is 11.6 Å². The highest BCUT2D eigenvalue weighted by Crippen LogP contribution is 2.15. The molecule has 3 N–H and O–H groups in total. The molecule has 0 aliphatic rings. The van der Waals surface area contributed by atoms with Crippen molar-refractivity contribution in [2.75, 3.05) is 5.32 Å². The fraction of sp³-hybridized carbons (Fsp3) is 0.120. The Kier molecular flexibility index (Phi) is 7.06. The lowest BCUT2D eigenvalue weighted by Gasteiger charge is -2.09. The van der Waals surface area contributed by atoms with Gasteiger partial charge in [0.05, 0.1) is 5.52 Å². The predicted octanol–water partition coefficient (Wildman–Crippen LogP) is 4.33. The molecule has 0 saturated carbocycles. The first kappa shape index (κ1) is 22.2. The maximum absolute atomic E-state index is 12.5. The van der Waals surface area contributed by atoms with Crippen molar-refractivity contribution in [3.63, 3.8) is 0 Å². The number of rotatable bonds is 7. The summed E-state index contributed by atoms with van der Waals surface area (Å²) in [6.45, 7) is 0. The van der Waals surface area contributed by atoms with Crippen molar-refractivity contribution in [2.24, 2.45) is 0 Å². The molecule has 0 saturated heterocycles. The zero-order valence-electron chi connectivity index (χ0n) is 17.7. The van der Waals surface area contributed by atoms with Crippen molar-refractivity contribution < 1.29 is 14.4 Å². The number of carbonyl (C=O) groups is 3. The molecule has 0 fully saturated rings. The Morgan fingerprint density at radius 1 is 0.848 bits per heavy atom. The molecule has 0 aliphatic carbocycles. The summed E-state index contributed by atoms with van der Waals surface area (Å²) in [6, 6.07) is 21.4. The molecule has 7 nitrogen and oxygen atoms in total. The second-order valence-corrected chi connectivity index (χ2v) is 8.39. The highest BCUT2D eigenvalue weighted by Gasteiger charge is 2.12. The highest BCUT2D eigenvalue weighted by molar-refractivity contribution is 7.09. The molecule has 166 valence electrons. The second kappa shape index (κ2) is 10.5.